The Bertz CT molecular complexity index is 1620. The van der Waals surface area contributed by atoms with Gasteiger partial charge in [-0.2, -0.15) is 0 Å². The van der Waals surface area contributed by atoms with Crippen molar-refractivity contribution in [2.45, 2.75) is 32.9 Å². The van der Waals surface area contributed by atoms with E-state index in [9.17, 15) is 14.7 Å². The standard InChI is InChI=1S/C30H29N5O4S/c1-17-15-22(18(2)34(17)25-11-6-5-9-21(25)29(37)38)28-27(23-10-7-8-14-31-23)33-30(40)35(28)20-12-13-26(39-4)24(16-20)32-19(3)36/h5-16,27-28H,1-4H3,(H,32,36)(H,33,40)(H,37,38)/t27-,28+/m1/s1. The van der Waals surface area contributed by atoms with Gasteiger partial charge in [0, 0.05) is 30.2 Å². The number of aromatic carboxylic acids is 1. The molecule has 10 heteroatoms. The van der Waals surface area contributed by atoms with Crippen molar-refractivity contribution in [3.63, 3.8) is 0 Å². The van der Waals surface area contributed by atoms with Crippen LogP contribution < -0.4 is 20.3 Å². The molecule has 9 nitrogen and oxygen atoms in total. The van der Waals surface area contributed by atoms with E-state index in [1.165, 1.54) is 6.92 Å². The number of carboxylic acids is 1. The van der Waals surface area contributed by atoms with Gasteiger partial charge in [-0.05, 0) is 80.2 Å². The van der Waals surface area contributed by atoms with Gasteiger partial charge in [0.1, 0.15) is 5.75 Å². The van der Waals surface area contributed by atoms with Crippen LogP contribution in [-0.2, 0) is 4.79 Å². The maximum absolute atomic E-state index is 12.1. The summed E-state index contributed by atoms with van der Waals surface area (Å²) < 4.78 is 7.43. The van der Waals surface area contributed by atoms with E-state index in [1.54, 1.807) is 31.5 Å². The van der Waals surface area contributed by atoms with Crippen molar-refractivity contribution in [1.82, 2.24) is 14.9 Å². The first-order chi connectivity index (χ1) is 19.2. The van der Waals surface area contributed by atoms with Gasteiger partial charge in [-0.25, -0.2) is 4.79 Å². The molecule has 0 bridgehead atoms. The van der Waals surface area contributed by atoms with Gasteiger partial charge in [-0.15, -0.1) is 0 Å². The summed E-state index contributed by atoms with van der Waals surface area (Å²) in [4.78, 5) is 30.6. The molecule has 2 aromatic heterocycles. The Morgan fingerprint density at radius 1 is 1.07 bits per heavy atom. The maximum atomic E-state index is 12.1. The lowest BCUT2D eigenvalue weighted by atomic mass is 9.96. The number of aryl methyl sites for hydroxylation is 1. The maximum Gasteiger partial charge on any atom is 0.337 e. The van der Waals surface area contributed by atoms with Gasteiger partial charge in [-0.1, -0.05) is 18.2 Å². The number of hydrogen-bond donors (Lipinski definition) is 3. The Balaban J connectivity index is 1.70. The van der Waals surface area contributed by atoms with Crippen LogP contribution in [0.1, 0.15) is 52.0 Å². The Kier molecular flexibility index (Phi) is 7.27. The first-order valence-corrected chi connectivity index (χ1v) is 13.1. The number of methoxy groups -OCH3 is 1. The quantitative estimate of drug-likeness (QED) is 0.263. The fraction of sp³-hybridized carbons (Fsp3) is 0.200. The van der Waals surface area contributed by atoms with E-state index in [4.69, 9.17) is 17.0 Å². The number of nitrogens with one attached hydrogen (secondary N) is 2. The third-order valence-electron chi connectivity index (χ3n) is 7.03. The van der Waals surface area contributed by atoms with Crippen molar-refractivity contribution in [2.75, 3.05) is 17.3 Å². The molecule has 40 heavy (non-hydrogen) atoms. The van der Waals surface area contributed by atoms with E-state index < -0.39 is 5.97 Å². The molecule has 204 valence electrons. The Hall–Kier alpha value is -4.70. The van der Waals surface area contributed by atoms with Gasteiger partial charge in [0.25, 0.3) is 0 Å². The Morgan fingerprint density at radius 3 is 2.50 bits per heavy atom. The third-order valence-corrected chi connectivity index (χ3v) is 7.35. The van der Waals surface area contributed by atoms with E-state index in [-0.39, 0.29) is 23.6 Å². The molecule has 0 radical (unpaired) electrons. The van der Waals surface area contributed by atoms with Crippen LogP contribution in [0.3, 0.4) is 0 Å². The minimum absolute atomic E-state index is 0.212. The number of para-hydroxylation sites is 1. The van der Waals surface area contributed by atoms with Crippen LogP contribution in [-0.4, -0.2) is 38.8 Å². The first-order valence-electron chi connectivity index (χ1n) is 12.7. The highest BCUT2D eigenvalue weighted by molar-refractivity contribution is 7.80. The van der Waals surface area contributed by atoms with Crippen LogP contribution in [0.5, 0.6) is 5.75 Å². The first kappa shape index (κ1) is 26.9. The number of carbonyl (C=O) groups is 2. The topological polar surface area (TPSA) is 109 Å². The smallest absolute Gasteiger partial charge is 0.337 e. The summed E-state index contributed by atoms with van der Waals surface area (Å²) in [6.07, 6.45) is 1.74. The number of rotatable bonds is 7. The molecule has 1 fully saturated rings. The van der Waals surface area contributed by atoms with Gasteiger partial charge < -0.3 is 29.9 Å². The minimum atomic E-state index is -0.995. The second kappa shape index (κ2) is 10.8. The molecule has 3 heterocycles. The van der Waals surface area contributed by atoms with Crippen molar-refractivity contribution < 1.29 is 19.4 Å². The molecule has 0 saturated carbocycles. The number of anilines is 2. The molecule has 4 aromatic rings. The highest BCUT2D eigenvalue weighted by atomic mass is 32.1. The van der Waals surface area contributed by atoms with Crippen LogP contribution in [0, 0.1) is 13.8 Å². The highest BCUT2D eigenvalue weighted by Gasteiger charge is 2.42. The average Bonchev–Trinajstić information content (AvgIpc) is 3.43. The fourth-order valence-corrected chi connectivity index (χ4v) is 5.74. The third kappa shape index (κ3) is 4.77. The van der Waals surface area contributed by atoms with Gasteiger partial charge in [0.2, 0.25) is 5.91 Å². The molecule has 1 saturated heterocycles. The molecular weight excluding hydrogens is 526 g/mol. The molecule has 0 spiro atoms. The highest BCUT2D eigenvalue weighted by Crippen LogP contribution is 2.45. The molecule has 0 aliphatic carbocycles. The van der Waals surface area contributed by atoms with Crippen molar-refractivity contribution in [3.8, 4) is 11.4 Å². The molecule has 2 atom stereocenters. The van der Waals surface area contributed by atoms with E-state index in [0.717, 1.165) is 28.3 Å². The normalized spacial score (nSPS) is 16.5. The van der Waals surface area contributed by atoms with Crippen LogP contribution in [0.4, 0.5) is 11.4 Å². The minimum Gasteiger partial charge on any atom is -0.495 e. The van der Waals surface area contributed by atoms with E-state index in [1.807, 2.05) is 65.8 Å². The molecule has 2 aromatic carbocycles. The SMILES string of the molecule is COc1ccc(N2C(=S)N[C@H](c3ccccn3)[C@@H]2c2cc(C)n(-c3ccccc3C(=O)O)c2C)cc1NC(C)=O. The van der Waals surface area contributed by atoms with Crippen molar-refractivity contribution in [3.05, 3.63) is 101 Å². The van der Waals surface area contributed by atoms with Gasteiger partial charge >= 0.3 is 5.97 Å². The summed E-state index contributed by atoms with van der Waals surface area (Å²) in [7, 11) is 1.55. The lowest BCUT2D eigenvalue weighted by Crippen LogP contribution is -2.29. The molecule has 1 aliphatic rings. The zero-order valence-corrected chi connectivity index (χ0v) is 23.3. The summed E-state index contributed by atoms with van der Waals surface area (Å²) in [5, 5.41) is 16.7. The summed E-state index contributed by atoms with van der Waals surface area (Å²) in [6, 6.07) is 19.7. The van der Waals surface area contributed by atoms with Crippen molar-refractivity contribution in [1.29, 1.82) is 0 Å². The van der Waals surface area contributed by atoms with Crippen LogP contribution in [0.25, 0.3) is 5.69 Å². The number of nitrogens with zero attached hydrogens (tertiary/aromatic N) is 3. The lowest BCUT2D eigenvalue weighted by molar-refractivity contribution is -0.114. The monoisotopic (exact) mass is 555 g/mol. The van der Waals surface area contributed by atoms with E-state index in [2.05, 4.69) is 21.7 Å². The summed E-state index contributed by atoms with van der Waals surface area (Å²) >= 11 is 5.88. The predicted molar refractivity (Wildman–Crippen MR) is 157 cm³/mol. The molecule has 1 aliphatic heterocycles. The summed E-state index contributed by atoms with van der Waals surface area (Å²) in [6.45, 7) is 5.38. The van der Waals surface area contributed by atoms with E-state index in [0.29, 0.717) is 22.2 Å². The molecule has 5 rings (SSSR count). The Morgan fingerprint density at radius 2 is 1.82 bits per heavy atom. The largest absolute Gasteiger partial charge is 0.495 e. The predicted octanol–water partition coefficient (Wildman–Crippen LogP) is 5.33. The number of carbonyl (C=O) groups excluding carboxylic acids is 1. The van der Waals surface area contributed by atoms with Crippen LogP contribution in [0.2, 0.25) is 0 Å². The second-order valence-electron chi connectivity index (χ2n) is 9.55. The average molecular weight is 556 g/mol. The summed E-state index contributed by atoms with van der Waals surface area (Å²) in [5.41, 5.74) is 5.60. The lowest BCUT2D eigenvalue weighted by Gasteiger charge is -2.29. The summed E-state index contributed by atoms with van der Waals surface area (Å²) in [5.74, 6) is -0.690. The van der Waals surface area contributed by atoms with Crippen molar-refractivity contribution in [2.24, 2.45) is 0 Å². The number of hydrogen-bond acceptors (Lipinski definition) is 5. The van der Waals surface area contributed by atoms with Gasteiger partial charge in [-0.3, -0.25) is 9.78 Å². The number of ether oxygens (including phenoxy) is 1. The molecular formula is C30H29N5O4S. The molecule has 3 N–H and O–H groups in total. The van der Waals surface area contributed by atoms with Crippen molar-refractivity contribution >= 4 is 40.6 Å². The van der Waals surface area contributed by atoms with Gasteiger partial charge in [0.15, 0.2) is 5.11 Å². The molecule has 0 unspecified atom stereocenters. The zero-order chi connectivity index (χ0) is 28.6. The number of aromatic nitrogens is 2. The van der Waals surface area contributed by atoms with E-state index >= 15 is 0 Å². The second-order valence-corrected chi connectivity index (χ2v) is 9.93. The number of thiocarbonyl (C=S) groups is 1. The van der Waals surface area contributed by atoms with Crippen LogP contribution in [0.15, 0.2) is 72.9 Å². The number of benzene rings is 2. The van der Waals surface area contributed by atoms with Gasteiger partial charge in [0.05, 0.1) is 41.8 Å². The van der Waals surface area contributed by atoms with Crippen LogP contribution >= 0.6 is 12.2 Å². The number of amides is 1. The Labute approximate surface area is 237 Å². The zero-order valence-electron chi connectivity index (χ0n) is 22.5. The molecule has 1 amide bonds. The number of pyridine rings is 1. The number of carboxylic acid groups (broad SMARTS) is 1. The fourth-order valence-electron chi connectivity index (χ4n) is 5.39.